The molecule has 2 aromatic carbocycles. The van der Waals surface area contributed by atoms with E-state index in [0.717, 1.165) is 47.4 Å². The van der Waals surface area contributed by atoms with Crippen molar-refractivity contribution in [2.45, 2.75) is 31.6 Å². The summed E-state index contributed by atoms with van der Waals surface area (Å²) >= 11 is 0. The van der Waals surface area contributed by atoms with E-state index in [1.807, 2.05) is 38.1 Å². The molecule has 1 atom stereocenters. The molecule has 3 heterocycles. The zero-order chi connectivity index (χ0) is 25.3. The van der Waals surface area contributed by atoms with Crippen LogP contribution in [0.3, 0.4) is 0 Å². The van der Waals surface area contributed by atoms with Crippen molar-refractivity contribution in [2.75, 3.05) is 49.6 Å². The van der Waals surface area contributed by atoms with E-state index >= 15 is 0 Å². The number of nitrogens with zero attached hydrogens (tertiary/aromatic N) is 3. The van der Waals surface area contributed by atoms with E-state index in [1.165, 1.54) is 9.87 Å². The molecule has 0 spiro atoms. The van der Waals surface area contributed by atoms with Gasteiger partial charge in [-0.15, -0.1) is 0 Å². The zero-order valence-electron chi connectivity index (χ0n) is 20.7. The maximum atomic E-state index is 13.0. The topological polar surface area (TPSA) is 91.8 Å². The van der Waals surface area contributed by atoms with Crippen LogP contribution in [0.25, 0.3) is 10.9 Å². The van der Waals surface area contributed by atoms with Gasteiger partial charge in [-0.2, -0.15) is 4.31 Å². The number of carbonyl (C=O) groups excluding carboxylic acids is 1. The number of carbonyl (C=O) groups is 1. The van der Waals surface area contributed by atoms with Crippen LogP contribution in [0.1, 0.15) is 24.0 Å². The first kappa shape index (κ1) is 24.7. The van der Waals surface area contributed by atoms with Gasteiger partial charge in [-0.05, 0) is 68.7 Å². The number of aryl methyl sites for hydroxylation is 2. The Hall–Kier alpha value is -3.01. The molecule has 0 radical (unpaired) electrons. The Labute approximate surface area is 212 Å². The molecule has 1 aromatic heterocycles. The van der Waals surface area contributed by atoms with Gasteiger partial charge < -0.3 is 15.0 Å². The highest BCUT2D eigenvalue weighted by Gasteiger charge is 2.28. The zero-order valence-corrected chi connectivity index (χ0v) is 21.6. The molecule has 36 heavy (non-hydrogen) atoms. The maximum Gasteiger partial charge on any atom is 0.243 e. The number of sulfonamides is 1. The lowest BCUT2D eigenvalue weighted by atomic mass is 9.96. The molecule has 5 rings (SSSR count). The molecule has 0 bridgehead atoms. The number of fused-ring (bicyclic) bond motifs is 1. The van der Waals surface area contributed by atoms with Crippen LogP contribution in [0.15, 0.2) is 53.4 Å². The Bertz CT molecular complexity index is 1390. The minimum absolute atomic E-state index is 0.0328. The molecule has 2 aliphatic heterocycles. The van der Waals surface area contributed by atoms with Crippen LogP contribution < -0.4 is 10.2 Å². The summed E-state index contributed by atoms with van der Waals surface area (Å²) in [5.74, 6) is 0.707. The normalized spacial score (nSPS) is 19.4. The first-order valence-corrected chi connectivity index (χ1v) is 13.9. The summed E-state index contributed by atoms with van der Waals surface area (Å²) in [6.45, 7) is 7.03. The van der Waals surface area contributed by atoms with E-state index in [1.54, 1.807) is 18.2 Å². The fourth-order valence-electron chi connectivity index (χ4n) is 4.95. The predicted molar refractivity (Wildman–Crippen MR) is 141 cm³/mol. The third-order valence-corrected chi connectivity index (χ3v) is 8.90. The smallest absolute Gasteiger partial charge is 0.243 e. The monoisotopic (exact) mass is 508 g/mol. The molecule has 2 aliphatic rings. The first-order chi connectivity index (χ1) is 17.3. The third-order valence-electron chi connectivity index (χ3n) is 7.01. The minimum atomic E-state index is -3.56. The Balaban J connectivity index is 1.31. The van der Waals surface area contributed by atoms with Crippen molar-refractivity contribution >= 4 is 38.3 Å². The molecule has 9 heteroatoms. The van der Waals surface area contributed by atoms with Crippen LogP contribution in [-0.4, -0.2) is 63.0 Å². The van der Waals surface area contributed by atoms with Crippen LogP contribution in [0, 0.1) is 19.8 Å². The summed E-state index contributed by atoms with van der Waals surface area (Å²) in [5, 5.41) is 3.87. The highest BCUT2D eigenvalue weighted by Crippen LogP contribution is 2.27. The van der Waals surface area contributed by atoms with Gasteiger partial charge in [0.2, 0.25) is 15.9 Å². The van der Waals surface area contributed by atoms with Gasteiger partial charge in [0.15, 0.2) is 0 Å². The van der Waals surface area contributed by atoms with Crippen molar-refractivity contribution in [1.29, 1.82) is 0 Å². The summed E-state index contributed by atoms with van der Waals surface area (Å²) in [7, 11) is -3.56. The van der Waals surface area contributed by atoms with Crippen molar-refractivity contribution in [1.82, 2.24) is 9.29 Å². The van der Waals surface area contributed by atoms with E-state index in [4.69, 9.17) is 9.72 Å². The molecule has 2 saturated heterocycles. The van der Waals surface area contributed by atoms with Crippen molar-refractivity contribution in [3.8, 4) is 0 Å². The lowest BCUT2D eigenvalue weighted by Crippen LogP contribution is -2.41. The third kappa shape index (κ3) is 5.09. The van der Waals surface area contributed by atoms with E-state index in [-0.39, 0.29) is 16.7 Å². The fourth-order valence-corrected chi connectivity index (χ4v) is 6.40. The van der Waals surface area contributed by atoms with Gasteiger partial charge in [0, 0.05) is 37.3 Å². The lowest BCUT2D eigenvalue weighted by molar-refractivity contribution is -0.120. The van der Waals surface area contributed by atoms with Crippen LogP contribution in [0.5, 0.6) is 0 Å². The number of anilines is 2. The molecule has 0 saturated carbocycles. The van der Waals surface area contributed by atoms with Crippen molar-refractivity contribution in [2.24, 2.45) is 5.92 Å². The summed E-state index contributed by atoms with van der Waals surface area (Å²) in [4.78, 5) is 20.2. The second-order valence-corrected chi connectivity index (χ2v) is 11.6. The summed E-state index contributed by atoms with van der Waals surface area (Å²) in [6.07, 6.45) is 1.74. The van der Waals surface area contributed by atoms with Crippen LogP contribution in [0.4, 0.5) is 11.5 Å². The van der Waals surface area contributed by atoms with Gasteiger partial charge >= 0.3 is 0 Å². The predicted octanol–water partition coefficient (Wildman–Crippen LogP) is 3.73. The van der Waals surface area contributed by atoms with Gasteiger partial charge in [-0.1, -0.05) is 17.7 Å². The fraction of sp³-hybridized carbons (Fsp3) is 0.407. The second-order valence-electron chi connectivity index (χ2n) is 9.63. The Morgan fingerprint density at radius 2 is 1.83 bits per heavy atom. The molecule has 3 aromatic rings. The average molecular weight is 509 g/mol. The minimum Gasteiger partial charge on any atom is -0.379 e. The van der Waals surface area contributed by atoms with Crippen molar-refractivity contribution < 1.29 is 17.9 Å². The second kappa shape index (κ2) is 10.2. The number of aromatic nitrogens is 1. The molecule has 0 aliphatic carbocycles. The van der Waals surface area contributed by atoms with E-state index < -0.39 is 10.0 Å². The number of morpholine rings is 1. The first-order valence-electron chi connectivity index (χ1n) is 12.4. The number of nitrogens with one attached hydrogen (secondary N) is 1. The van der Waals surface area contributed by atoms with Crippen molar-refractivity contribution in [3.63, 3.8) is 0 Å². The van der Waals surface area contributed by atoms with Crippen LogP contribution >= 0.6 is 0 Å². The Morgan fingerprint density at radius 3 is 2.61 bits per heavy atom. The summed E-state index contributed by atoms with van der Waals surface area (Å²) < 4.78 is 32.8. The average Bonchev–Trinajstić information content (AvgIpc) is 2.90. The molecular formula is C27H32N4O4S. The van der Waals surface area contributed by atoms with Gasteiger partial charge in [0.25, 0.3) is 0 Å². The number of ether oxygens (including phenoxy) is 1. The molecule has 1 N–H and O–H groups in total. The molecule has 2 fully saturated rings. The Morgan fingerprint density at radius 1 is 1.03 bits per heavy atom. The van der Waals surface area contributed by atoms with Gasteiger partial charge in [-0.3, -0.25) is 4.79 Å². The number of amides is 1. The molecule has 8 nitrogen and oxygen atoms in total. The number of piperidine rings is 1. The standard InChI is InChI=1S/C27H32N4O4S/c1-19-5-8-24(20(2)16-19)29-27(32)22-4-3-11-30(18-22)26-10-6-21-17-23(7-9-25(21)28-26)36(33,34)31-12-14-35-15-13-31/h5-10,16-17,22H,3-4,11-15,18H2,1-2H3,(H,29,32)/t22-/m1/s1. The number of pyridine rings is 1. The summed E-state index contributed by atoms with van der Waals surface area (Å²) in [6, 6.07) is 14.9. The SMILES string of the molecule is Cc1ccc(NC(=O)[C@@H]2CCCN(c3ccc4cc(S(=O)(=O)N5CCOCC5)ccc4n3)C2)c(C)c1. The summed E-state index contributed by atoms with van der Waals surface area (Å²) in [5.41, 5.74) is 3.81. The van der Waals surface area contributed by atoms with E-state index in [2.05, 4.69) is 16.3 Å². The van der Waals surface area contributed by atoms with Gasteiger partial charge in [0.1, 0.15) is 5.82 Å². The van der Waals surface area contributed by atoms with E-state index in [0.29, 0.717) is 32.8 Å². The number of rotatable bonds is 5. The van der Waals surface area contributed by atoms with Crippen molar-refractivity contribution in [3.05, 3.63) is 59.7 Å². The van der Waals surface area contributed by atoms with Crippen LogP contribution in [0.2, 0.25) is 0 Å². The molecule has 0 unspecified atom stereocenters. The quantitative estimate of drug-likeness (QED) is 0.565. The lowest BCUT2D eigenvalue weighted by Gasteiger charge is -2.33. The van der Waals surface area contributed by atoms with Crippen LogP contribution in [-0.2, 0) is 19.6 Å². The van der Waals surface area contributed by atoms with Gasteiger partial charge in [0.05, 0.1) is 29.5 Å². The largest absolute Gasteiger partial charge is 0.379 e. The number of hydrogen-bond donors (Lipinski definition) is 1. The number of hydrogen-bond acceptors (Lipinski definition) is 6. The maximum absolute atomic E-state index is 13.0. The van der Waals surface area contributed by atoms with E-state index in [9.17, 15) is 13.2 Å². The highest BCUT2D eigenvalue weighted by molar-refractivity contribution is 7.89. The van der Waals surface area contributed by atoms with Gasteiger partial charge in [-0.25, -0.2) is 13.4 Å². The Kier molecular flexibility index (Phi) is 6.96. The molecule has 190 valence electrons. The molecule has 1 amide bonds. The molecular weight excluding hydrogens is 476 g/mol. The number of benzene rings is 2. The highest BCUT2D eigenvalue weighted by atomic mass is 32.2.